The van der Waals surface area contributed by atoms with Crippen LogP contribution in [0.4, 0.5) is 8.78 Å². The fourth-order valence-corrected chi connectivity index (χ4v) is 1.50. The highest BCUT2D eigenvalue weighted by molar-refractivity contribution is 5.85. The molecule has 2 nitrogen and oxygen atoms in total. The lowest BCUT2D eigenvalue weighted by Crippen LogP contribution is -2.36. The van der Waals surface area contributed by atoms with Crippen LogP contribution in [-0.2, 0) is 0 Å². The Morgan fingerprint density at radius 2 is 1.94 bits per heavy atom. The summed E-state index contributed by atoms with van der Waals surface area (Å²) in [4.78, 5) is 0. The zero-order valence-electron chi connectivity index (χ0n) is 9.21. The molecule has 0 aliphatic rings. The van der Waals surface area contributed by atoms with Crippen LogP contribution in [0.25, 0.3) is 0 Å². The van der Waals surface area contributed by atoms with Crippen molar-refractivity contribution in [3.8, 4) is 0 Å². The summed E-state index contributed by atoms with van der Waals surface area (Å²) >= 11 is 0. The van der Waals surface area contributed by atoms with Crippen LogP contribution < -0.4 is 5.73 Å². The Morgan fingerprint density at radius 1 is 1.38 bits per heavy atom. The lowest BCUT2D eigenvalue weighted by atomic mass is 9.96. The second-order valence-electron chi connectivity index (χ2n) is 3.76. The molecule has 0 aromatic heterocycles. The molecule has 0 radical (unpaired) electrons. The van der Waals surface area contributed by atoms with E-state index in [1.54, 1.807) is 25.1 Å². The molecule has 0 spiro atoms. The maximum atomic E-state index is 13.1. The van der Waals surface area contributed by atoms with Crippen LogP contribution in [0, 0.1) is 13.8 Å². The molecule has 0 saturated heterocycles. The molecular weight excluding hydrogens is 236 g/mol. The highest BCUT2D eigenvalue weighted by Crippen LogP contribution is 2.30. The highest BCUT2D eigenvalue weighted by atomic mass is 35.5. The summed E-state index contributed by atoms with van der Waals surface area (Å²) in [5.41, 5.74) is 7.51. The summed E-state index contributed by atoms with van der Waals surface area (Å²) in [6, 6.07) is 3.65. The second kappa shape index (κ2) is 5.57. The molecule has 5 heteroatoms. The molecule has 1 atom stereocenters. The lowest BCUT2D eigenvalue weighted by molar-refractivity contribution is -0.0713. The minimum Gasteiger partial charge on any atom is -0.390 e. The second-order valence-corrected chi connectivity index (χ2v) is 3.76. The number of halogens is 3. The molecule has 0 saturated carbocycles. The average Bonchev–Trinajstić information content (AvgIpc) is 2.17. The standard InChI is InChI=1S/C11H15F2NO.ClH/c1-7-3-4-9(8(2)5-7)10(14)11(12,13)6-15;/h3-5,10,15H,6,14H2,1-2H3;1H/t10-;/m1./s1. The summed E-state index contributed by atoms with van der Waals surface area (Å²) in [5, 5.41) is 8.54. The number of hydrogen-bond donors (Lipinski definition) is 2. The minimum atomic E-state index is -3.28. The number of hydrogen-bond acceptors (Lipinski definition) is 2. The van der Waals surface area contributed by atoms with Gasteiger partial charge in [-0.1, -0.05) is 23.8 Å². The molecule has 0 bridgehead atoms. The van der Waals surface area contributed by atoms with Gasteiger partial charge in [0, 0.05) is 0 Å². The first-order valence-corrected chi connectivity index (χ1v) is 4.70. The van der Waals surface area contributed by atoms with E-state index in [-0.39, 0.29) is 12.4 Å². The third kappa shape index (κ3) is 3.14. The van der Waals surface area contributed by atoms with Crippen LogP contribution in [0.1, 0.15) is 22.7 Å². The Kier molecular flexibility index (Phi) is 5.32. The van der Waals surface area contributed by atoms with Crippen LogP contribution in [0.2, 0.25) is 0 Å². The van der Waals surface area contributed by atoms with Gasteiger partial charge in [-0.2, -0.15) is 0 Å². The summed E-state index contributed by atoms with van der Waals surface area (Å²) < 4.78 is 26.3. The molecule has 0 aliphatic carbocycles. The predicted molar refractivity (Wildman–Crippen MR) is 62.1 cm³/mol. The van der Waals surface area contributed by atoms with Gasteiger partial charge in [-0.15, -0.1) is 12.4 Å². The van der Waals surface area contributed by atoms with Crippen LogP contribution in [0.15, 0.2) is 18.2 Å². The van der Waals surface area contributed by atoms with Crippen LogP contribution in [0.5, 0.6) is 0 Å². The normalized spacial score (nSPS) is 13.1. The molecule has 1 aromatic rings. The summed E-state index contributed by atoms with van der Waals surface area (Å²) in [5.74, 6) is -3.28. The largest absolute Gasteiger partial charge is 0.390 e. The summed E-state index contributed by atoms with van der Waals surface area (Å²) in [6.45, 7) is 2.38. The minimum absolute atomic E-state index is 0. The van der Waals surface area contributed by atoms with E-state index in [0.29, 0.717) is 5.56 Å². The van der Waals surface area contributed by atoms with Crippen molar-refractivity contribution in [1.82, 2.24) is 0 Å². The van der Waals surface area contributed by atoms with Crippen molar-refractivity contribution in [2.75, 3.05) is 6.61 Å². The van der Waals surface area contributed by atoms with Crippen LogP contribution in [0.3, 0.4) is 0 Å². The van der Waals surface area contributed by atoms with Crippen molar-refractivity contribution in [2.24, 2.45) is 5.73 Å². The highest BCUT2D eigenvalue weighted by Gasteiger charge is 2.37. The maximum absolute atomic E-state index is 13.1. The van der Waals surface area contributed by atoms with Gasteiger partial charge in [0.1, 0.15) is 6.61 Å². The Labute approximate surface area is 99.9 Å². The van der Waals surface area contributed by atoms with E-state index < -0.39 is 18.6 Å². The van der Waals surface area contributed by atoms with Gasteiger partial charge in [-0.25, -0.2) is 8.78 Å². The SMILES string of the molecule is Cc1ccc([C@@H](N)C(F)(F)CO)c(C)c1.Cl. The number of rotatable bonds is 3. The number of aliphatic hydroxyl groups excluding tert-OH is 1. The first kappa shape index (κ1) is 15.3. The van der Waals surface area contributed by atoms with Gasteiger partial charge in [-0.05, 0) is 25.0 Å². The van der Waals surface area contributed by atoms with E-state index in [1.165, 1.54) is 0 Å². The fourth-order valence-electron chi connectivity index (χ4n) is 1.50. The quantitative estimate of drug-likeness (QED) is 0.866. The Morgan fingerprint density at radius 3 is 2.38 bits per heavy atom. The van der Waals surface area contributed by atoms with Crippen molar-refractivity contribution >= 4 is 12.4 Å². The number of nitrogens with two attached hydrogens (primary N) is 1. The molecule has 0 aliphatic heterocycles. The molecule has 3 N–H and O–H groups in total. The zero-order chi connectivity index (χ0) is 11.6. The molecule has 16 heavy (non-hydrogen) atoms. The van der Waals surface area contributed by atoms with Gasteiger partial charge in [0.25, 0.3) is 5.92 Å². The third-order valence-corrected chi connectivity index (χ3v) is 2.43. The van der Waals surface area contributed by atoms with Crippen molar-refractivity contribution in [1.29, 1.82) is 0 Å². The predicted octanol–water partition coefficient (Wildman–Crippen LogP) is 2.35. The average molecular weight is 252 g/mol. The molecule has 92 valence electrons. The van der Waals surface area contributed by atoms with Crippen molar-refractivity contribution < 1.29 is 13.9 Å². The molecule has 0 unspecified atom stereocenters. The van der Waals surface area contributed by atoms with E-state index in [4.69, 9.17) is 10.8 Å². The molecule has 0 heterocycles. The van der Waals surface area contributed by atoms with Gasteiger partial charge in [0.2, 0.25) is 0 Å². The first-order valence-electron chi connectivity index (χ1n) is 4.70. The smallest absolute Gasteiger partial charge is 0.289 e. The number of alkyl halides is 2. The van der Waals surface area contributed by atoms with Crippen molar-refractivity contribution in [3.63, 3.8) is 0 Å². The van der Waals surface area contributed by atoms with Gasteiger partial charge in [0.05, 0.1) is 6.04 Å². The van der Waals surface area contributed by atoms with Gasteiger partial charge < -0.3 is 10.8 Å². The van der Waals surface area contributed by atoms with E-state index in [1.807, 2.05) is 6.92 Å². The Bertz CT molecular complexity index is 358. The number of aliphatic hydroxyl groups is 1. The van der Waals surface area contributed by atoms with E-state index in [2.05, 4.69) is 0 Å². The summed E-state index contributed by atoms with van der Waals surface area (Å²) in [6.07, 6.45) is 0. The van der Waals surface area contributed by atoms with Crippen molar-refractivity contribution in [3.05, 3.63) is 34.9 Å². The van der Waals surface area contributed by atoms with Gasteiger partial charge in [0.15, 0.2) is 0 Å². The van der Waals surface area contributed by atoms with Gasteiger partial charge in [-0.3, -0.25) is 0 Å². The summed E-state index contributed by atoms with van der Waals surface area (Å²) in [7, 11) is 0. The van der Waals surface area contributed by atoms with Crippen LogP contribution in [-0.4, -0.2) is 17.6 Å². The molecule has 0 fully saturated rings. The van der Waals surface area contributed by atoms with Crippen molar-refractivity contribution in [2.45, 2.75) is 25.8 Å². The Hall–Kier alpha value is -0.710. The third-order valence-electron chi connectivity index (χ3n) is 2.43. The monoisotopic (exact) mass is 251 g/mol. The van der Waals surface area contributed by atoms with E-state index in [0.717, 1.165) is 11.1 Å². The van der Waals surface area contributed by atoms with Gasteiger partial charge >= 0.3 is 0 Å². The molecule has 1 aromatic carbocycles. The molecule has 0 amide bonds. The first-order chi connectivity index (χ1) is 6.88. The maximum Gasteiger partial charge on any atom is 0.289 e. The van der Waals surface area contributed by atoms with Crippen LogP contribution >= 0.6 is 12.4 Å². The lowest BCUT2D eigenvalue weighted by Gasteiger charge is -2.23. The zero-order valence-corrected chi connectivity index (χ0v) is 10.0. The molecular formula is C11H16ClF2NO. The Balaban J connectivity index is 0.00000225. The number of benzene rings is 1. The topological polar surface area (TPSA) is 46.2 Å². The van der Waals surface area contributed by atoms with E-state index >= 15 is 0 Å². The molecule has 1 rings (SSSR count). The number of aryl methyl sites for hydroxylation is 2. The van der Waals surface area contributed by atoms with E-state index in [9.17, 15) is 8.78 Å². The fraction of sp³-hybridized carbons (Fsp3) is 0.455.